The van der Waals surface area contributed by atoms with E-state index < -0.39 is 0 Å². The number of anilines is 1. The van der Waals surface area contributed by atoms with Gasteiger partial charge in [-0.2, -0.15) is 0 Å². The van der Waals surface area contributed by atoms with Crippen molar-refractivity contribution in [2.75, 3.05) is 31.1 Å². The van der Waals surface area contributed by atoms with Crippen LogP contribution in [0.1, 0.15) is 10.4 Å². The maximum absolute atomic E-state index is 12.6. The van der Waals surface area contributed by atoms with E-state index in [1.807, 2.05) is 46.7 Å². The molecule has 26 heavy (non-hydrogen) atoms. The molecule has 0 atom stereocenters. The summed E-state index contributed by atoms with van der Waals surface area (Å²) in [6.45, 7) is 2.73. The van der Waals surface area contributed by atoms with Crippen molar-refractivity contribution in [1.29, 1.82) is 0 Å². The highest BCUT2D eigenvalue weighted by molar-refractivity contribution is 7.13. The van der Waals surface area contributed by atoms with Gasteiger partial charge < -0.3 is 9.80 Å². The molecule has 3 aromatic rings. The summed E-state index contributed by atoms with van der Waals surface area (Å²) in [6.07, 6.45) is 0. The number of amides is 1. The smallest absolute Gasteiger partial charge is 0.255 e. The molecule has 1 fully saturated rings. The van der Waals surface area contributed by atoms with Crippen molar-refractivity contribution in [3.05, 3.63) is 64.5 Å². The summed E-state index contributed by atoms with van der Waals surface area (Å²) in [6, 6.07) is 15.2. The van der Waals surface area contributed by atoms with E-state index in [1.54, 1.807) is 23.5 Å². The van der Waals surface area contributed by atoms with Gasteiger partial charge >= 0.3 is 0 Å². The van der Waals surface area contributed by atoms with Crippen LogP contribution in [0, 0.1) is 0 Å². The third-order valence-corrected chi connectivity index (χ3v) is 5.64. The Morgan fingerprint density at radius 2 is 1.77 bits per heavy atom. The number of carbonyl (C=O) groups excluding carboxylic acids is 1. The van der Waals surface area contributed by atoms with Crippen molar-refractivity contribution in [1.82, 2.24) is 15.1 Å². The maximum atomic E-state index is 12.6. The van der Waals surface area contributed by atoms with Crippen LogP contribution in [0.3, 0.4) is 0 Å². The molecule has 1 aliphatic heterocycles. The Morgan fingerprint density at radius 3 is 2.42 bits per heavy atom. The highest BCUT2D eigenvalue weighted by Crippen LogP contribution is 2.24. The van der Waals surface area contributed by atoms with E-state index >= 15 is 0 Å². The van der Waals surface area contributed by atoms with Crippen LogP contribution in [-0.2, 0) is 0 Å². The lowest BCUT2D eigenvalue weighted by atomic mass is 10.2. The van der Waals surface area contributed by atoms with Gasteiger partial charge in [-0.15, -0.1) is 21.5 Å². The number of aromatic nitrogens is 2. The Balaban J connectivity index is 1.40. The third-order valence-electron chi connectivity index (χ3n) is 4.42. The van der Waals surface area contributed by atoms with Crippen LogP contribution in [0.25, 0.3) is 10.6 Å². The van der Waals surface area contributed by atoms with Crippen molar-refractivity contribution >= 4 is 34.7 Å². The summed E-state index contributed by atoms with van der Waals surface area (Å²) in [5.74, 6) is 0.824. The number of rotatable bonds is 3. The van der Waals surface area contributed by atoms with E-state index in [1.165, 1.54) is 0 Å². The number of halogens is 1. The second-order valence-electron chi connectivity index (χ2n) is 6.01. The minimum absolute atomic E-state index is 0.0191. The van der Waals surface area contributed by atoms with Crippen LogP contribution >= 0.6 is 22.9 Å². The fourth-order valence-corrected chi connectivity index (χ4v) is 3.90. The average molecular weight is 385 g/mol. The van der Waals surface area contributed by atoms with Gasteiger partial charge in [0.1, 0.15) is 5.69 Å². The molecule has 1 amide bonds. The maximum Gasteiger partial charge on any atom is 0.255 e. The van der Waals surface area contributed by atoms with E-state index in [-0.39, 0.29) is 5.91 Å². The number of hydrogen-bond donors (Lipinski definition) is 0. The molecule has 1 aromatic carbocycles. The minimum atomic E-state index is -0.0191. The third kappa shape index (κ3) is 3.43. The van der Waals surface area contributed by atoms with Crippen molar-refractivity contribution in [3.63, 3.8) is 0 Å². The SMILES string of the molecule is O=C(c1ccccc1Cl)N1CCN(c2ccc(-c3cccs3)nn2)CC1. The molecule has 0 spiro atoms. The van der Waals surface area contributed by atoms with Gasteiger partial charge in [-0.3, -0.25) is 4.79 Å². The van der Waals surface area contributed by atoms with Crippen LogP contribution in [0.15, 0.2) is 53.9 Å². The first-order valence-electron chi connectivity index (χ1n) is 8.39. The zero-order chi connectivity index (χ0) is 17.9. The lowest BCUT2D eigenvalue weighted by molar-refractivity contribution is 0.0746. The molecular formula is C19H17ClN4OS. The molecule has 4 rings (SSSR count). The first-order valence-corrected chi connectivity index (χ1v) is 9.64. The average Bonchev–Trinajstić information content (AvgIpc) is 3.23. The molecule has 2 aromatic heterocycles. The Hall–Kier alpha value is -2.44. The zero-order valence-electron chi connectivity index (χ0n) is 14.0. The second-order valence-corrected chi connectivity index (χ2v) is 7.37. The van der Waals surface area contributed by atoms with Crippen molar-refractivity contribution < 1.29 is 4.79 Å². The van der Waals surface area contributed by atoms with Gasteiger partial charge in [-0.05, 0) is 35.7 Å². The molecule has 7 heteroatoms. The zero-order valence-corrected chi connectivity index (χ0v) is 15.6. The van der Waals surface area contributed by atoms with Gasteiger partial charge in [-0.25, -0.2) is 0 Å². The van der Waals surface area contributed by atoms with Gasteiger partial charge in [0.2, 0.25) is 0 Å². The molecule has 0 N–H and O–H groups in total. The Bertz CT molecular complexity index is 890. The first-order chi connectivity index (χ1) is 12.7. The monoisotopic (exact) mass is 384 g/mol. The van der Waals surface area contributed by atoms with Gasteiger partial charge in [0.15, 0.2) is 5.82 Å². The highest BCUT2D eigenvalue weighted by Gasteiger charge is 2.24. The molecule has 5 nitrogen and oxygen atoms in total. The molecule has 0 saturated carbocycles. The molecule has 1 saturated heterocycles. The molecule has 0 unspecified atom stereocenters. The lowest BCUT2D eigenvalue weighted by Gasteiger charge is -2.35. The van der Waals surface area contributed by atoms with Crippen molar-refractivity contribution in [2.45, 2.75) is 0 Å². The number of thiophene rings is 1. The highest BCUT2D eigenvalue weighted by atomic mass is 35.5. The van der Waals surface area contributed by atoms with E-state index in [0.717, 1.165) is 29.5 Å². The van der Waals surface area contributed by atoms with Crippen LogP contribution in [0.5, 0.6) is 0 Å². The number of hydrogen-bond acceptors (Lipinski definition) is 5. The summed E-state index contributed by atoms with van der Waals surface area (Å²) in [4.78, 5) is 17.7. The number of piperazine rings is 1. The number of carbonyl (C=O) groups is 1. The summed E-state index contributed by atoms with van der Waals surface area (Å²) >= 11 is 7.79. The Kier molecular flexibility index (Phi) is 4.86. The molecule has 0 bridgehead atoms. The standard InChI is InChI=1S/C19H17ClN4OS/c20-15-5-2-1-4-14(15)19(25)24-11-9-23(10-12-24)18-8-7-16(21-22-18)17-6-3-13-26-17/h1-8,13H,9-12H2. The second kappa shape index (κ2) is 7.43. The molecule has 0 radical (unpaired) electrons. The fraction of sp³-hybridized carbons (Fsp3) is 0.211. The lowest BCUT2D eigenvalue weighted by Crippen LogP contribution is -2.49. The Labute approximate surface area is 160 Å². The number of nitrogens with zero attached hydrogens (tertiary/aromatic N) is 4. The van der Waals surface area contributed by atoms with Crippen molar-refractivity contribution in [2.24, 2.45) is 0 Å². The first kappa shape index (κ1) is 17.0. The predicted octanol–water partition coefficient (Wildman–Crippen LogP) is 3.82. The van der Waals surface area contributed by atoms with Gasteiger partial charge in [-0.1, -0.05) is 29.8 Å². The predicted molar refractivity (Wildman–Crippen MR) is 105 cm³/mol. The van der Waals surface area contributed by atoms with E-state index in [4.69, 9.17) is 11.6 Å². The Morgan fingerprint density at radius 1 is 0.962 bits per heavy atom. The minimum Gasteiger partial charge on any atom is -0.352 e. The molecule has 1 aliphatic rings. The molecule has 3 heterocycles. The van der Waals surface area contributed by atoms with Crippen molar-refractivity contribution in [3.8, 4) is 10.6 Å². The molecule has 0 aliphatic carbocycles. The summed E-state index contributed by atoms with van der Waals surface area (Å²) < 4.78 is 0. The quantitative estimate of drug-likeness (QED) is 0.688. The summed E-state index contributed by atoms with van der Waals surface area (Å²) in [7, 11) is 0. The topological polar surface area (TPSA) is 49.3 Å². The summed E-state index contributed by atoms with van der Waals surface area (Å²) in [5, 5.41) is 11.2. The van der Waals surface area contributed by atoms with Crippen LogP contribution < -0.4 is 4.90 Å². The van der Waals surface area contributed by atoms with Crippen LogP contribution in [0.2, 0.25) is 5.02 Å². The van der Waals surface area contributed by atoms with E-state index in [2.05, 4.69) is 15.1 Å². The van der Waals surface area contributed by atoms with Gasteiger partial charge in [0, 0.05) is 26.2 Å². The number of benzene rings is 1. The largest absolute Gasteiger partial charge is 0.352 e. The fourth-order valence-electron chi connectivity index (χ4n) is 2.99. The molecular weight excluding hydrogens is 368 g/mol. The molecule has 132 valence electrons. The summed E-state index contributed by atoms with van der Waals surface area (Å²) in [5.41, 5.74) is 1.44. The van der Waals surface area contributed by atoms with Gasteiger partial charge in [0.05, 0.1) is 15.5 Å². The van der Waals surface area contributed by atoms with Crippen LogP contribution in [-0.4, -0.2) is 47.2 Å². The van der Waals surface area contributed by atoms with Crippen LogP contribution in [0.4, 0.5) is 5.82 Å². The van der Waals surface area contributed by atoms with Gasteiger partial charge in [0.25, 0.3) is 5.91 Å². The normalized spacial score (nSPS) is 14.5. The van der Waals surface area contributed by atoms with E-state index in [9.17, 15) is 4.79 Å². The van der Waals surface area contributed by atoms with E-state index in [0.29, 0.717) is 23.7 Å².